The number of thiocarbonyl (C=S) groups is 1. The van der Waals surface area contributed by atoms with Gasteiger partial charge in [-0.05, 0) is 57.6 Å². The van der Waals surface area contributed by atoms with Gasteiger partial charge in [0, 0.05) is 25.4 Å². The molecule has 1 aromatic carbocycles. The second-order valence-corrected chi connectivity index (χ2v) is 8.65. The van der Waals surface area contributed by atoms with Crippen LogP contribution in [0.2, 0.25) is 0 Å². The van der Waals surface area contributed by atoms with Crippen LogP contribution >= 0.6 is 12.2 Å². The molecule has 0 aliphatic carbocycles. The molecule has 2 heterocycles. The highest BCUT2D eigenvalue weighted by molar-refractivity contribution is 7.80. The van der Waals surface area contributed by atoms with Gasteiger partial charge in [-0.3, -0.25) is 0 Å². The lowest BCUT2D eigenvalue weighted by Crippen LogP contribution is -3.06. The number of hydrogen-bond donors (Lipinski definition) is 3. The maximum atomic E-state index is 5.49. The average Bonchev–Trinajstić information content (AvgIpc) is 2.89. The maximum absolute atomic E-state index is 5.49. The van der Waals surface area contributed by atoms with Crippen LogP contribution in [0.15, 0.2) is 18.2 Å². The van der Waals surface area contributed by atoms with Crippen molar-refractivity contribution in [1.29, 1.82) is 0 Å². The molecule has 0 spiro atoms. The van der Waals surface area contributed by atoms with Gasteiger partial charge < -0.3 is 25.4 Å². The molecule has 2 aliphatic heterocycles. The molecule has 0 aromatic heterocycles. The van der Waals surface area contributed by atoms with Crippen LogP contribution in [0.5, 0.6) is 11.5 Å². The van der Waals surface area contributed by atoms with Gasteiger partial charge in [0.15, 0.2) is 16.6 Å². The fraction of sp³-hybridized carbons (Fsp3) is 0.611. The highest BCUT2D eigenvalue weighted by atomic mass is 32.1. The zero-order chi connectivity index (χ0) is 17.4. The van der Waals surface area contributed by atoms with Gasteiger partial charge in [0.05, 0.1) is 11.1 Å². The third kappa shape index (κ3) is 4.30. The molecule has 3 rings (SSSR count). The van der Waals surface area contributed by atoms with Crippen LogP contribution in [0.25, 0.3) is 0 Å². The lowest BCUT2D eigenvalue weighted by Gasteiger charge is -2.43. The van der Waals surface area contributed by atoms with Crippen molar-refractivity contribution >= 4 is 17.3 Å². The van der Waals surface area contributed by atoms with Crippen molar-refractivity contribution in [1.82, 2.24) is 10.6 Å². The molecule has 1 saturated heterocycles. The lowest BCUT2D eigenvalue weighted by molar-refractivity contribution is -0.787. The summed E-state index contributed by atoms with van der Waals surface area (Å²) in [5.41, 5.74) is 1.58. The molecule has 0 unspecified atom stereocenters. The third-order valence-corrected chi connectivity index (χ3v) is 4.81. The minimum Gasteiger partial charge on any atom is -0.454 e. The Kier molecular flexibility index (Phi) is 4.62. The number of ether oxygens (including phenoxy) is 2. The van der Waals surface area contributed by atoms with Gasteiger partial charge in [0.1, 0.15) is 0 Å². The fourth-order valence-electron chi connectivity index (χ4n) is 4.09. The Morgan fingerprint density at radius 2 is 1.83 bits per heavy atom. The fourth-order valence-corrected chi connectivity index (χ4v) is 4.33. The summed E-state index contributed by atoms with van der Waals surface area (Å²) in [5, 5.41) is 9.99. The van der Waals surface area contributed by atoms with Crippen LogP contribution in [0.4, 0.5) is 0 Å². The minimum atomic E-state index is 0.229. The molecule has 6 heteroatoms. The average molecular weight is 351 g/mol. The molecular formula is C18H28N3O2S+. The summed E-state index contributed by atoms with van der Waals surface area (Å²) in [7, 11) is 0. The monoisotopic (exact) mass is 350 g/mol. The first-order chi connectivity index (χ1) is 11.2. The molecule has 2 aliphatic rings. The molecule has 0 atom stereocenters. The quantitative estimate of drug-likeness (QED) is 0.724. The van der Waals surface area contributed by atoms with Crippen LogP contribution in [-0.4, -0.2) is 29.0 Å². The second kappa shape index (κ2) is 6.41. The van der Waals surface area contributed by atoms with Crippen LogP contribution < -0.4 is 25.4 Å². The Balaban J connectivity index is 1.52. The standard InChI is InChI=1S/C18H27N3O2S/c1-17(2)8-13(9-18(3,4)21-17)20-16(24)19-10-12-5-6-14-15(7-12)23-11-22-14/h5-7,13,21H,8-11H2,1-4H3,(H2,19,20,24)/p+1. The summed E-state index contributed by atoms with van der Waals surface area (Å²) in [5.74, 6) is 1.61. The molecule has 132 valence electrons. The van der Waals surface area contributed by atoms with Crippen LogP contribution in [0.1, 0.15) is 46.1 Å². The number of benzene rings is 1. The Hall–Kier alpha value is -1.53. The SMILES string of the molecule is CC1(C)CC(NC(=S)NCc2ccc3c(c2)OCO3)CC(C)(C)[NH2+]1. The van der Waals surface area contributed by atoms with Gasteiger partial charge >= 0.3 is 0 Å². The van der Waals surface area contributed by atoms with Crippen molar-refractivity contribution in [2.24, 2.45) is 0 Å². The number of quaternary nitrogens is 1. The predicted molar refractivity (Wildman–Crippen MR) is 98.2 cm³/mol. The number of hydrogen-bond acceptors (Lipinski definition) is 3. The second-order valence-electron chi connectivity index (χ2n) is 8.24. The third-order valence-electron chi connectivity index (χ3n) is 4.55. The summed E-state index contributed by atoms with van der Waals surface area (Å²) in [6, 6.07) is 6.37. The van der Waals surface area contributed by atoms with Crippen molar-refractivity contribution in [2.75, 3.05) is 6.79 Å². The summed E-state index contributed by atoms with van der Waals surface area (Å²) < 4.78 is 10.7. The Morgan fingerprint density at radius 3 is 2.54 bits per heavy atom. The van der Waals surface area contributed by atoms with Crippen molar-refractivity contribution in [3.8, 4) is 11.5 Å². The molecule has 0 radical (unpaired) electrons. The van der Waals surface area contributed by atoms with Crippen molar-refractivity contribution in [3.05, 3.63) is 23.8 Å². The van der Waals surface area contributed by atoms with E-state index in [0.717, 1.165) is 29.9 Å². The number of nitrogens with two attached hydrogens (primary N) is 1. The molecule has 1 aromatic rings. The van der Waals surface area contributed by atoms with E-state index in [1.807, 2.05) is 18.2 Å². The first-order valence-electron chi connectivity index (χ1n) is 8.52. The van der Waals surface area contributed by atoms with Crippen molar-refractivity contribution in [3.63, 3.8) is 0 Å². The maximum Gasteiger partial charge on any atom is 0.231 e. The molecule has 24 heavy (non-hydrogen) atoms. The van der Waals surface area contributed by atoms with E-state index in [4.69, 9.17) is 21.7 Å². The molecule has 0 bridgehead atoms. The van der Waals surface area contributed by atoms with E-state index in [2.05, 4.69) is 43.6 Å². The number of nitrogens with one attached hydrogen (secondary N) is 2. The van der Waals surface area contributed by atoms with Crippen molar-refractivity contribution in [2.45, 2.75) is 64.2 Å². The highest BCUT2D eigenvalue weighted by Gasteiger charge is 2.41. The zero-order valence-electron chi connectivity index (χ0n) is 14.9. The van der Waals surface area contributed by atoms with E-state index in [-0.39, 0.29) is 11.1 Å². The largest absolute Gasteiger partial charge is 0.454 e. The van der Waals surface area contributed by atoms with Crippen molar-refractivity contribution < 1.29 is 14.8 Å². The smallest absolute Gasteiger partial charge is 0.231 e. The van der Waals surface area contributed by atoms with E-state index in [1.165, 1.54) is 0 Å². The Labute approximate surface area is 149 Å². The summed E-state index contributed by atoms with van der Waals surface area (Å²) in [4.78, 5) is 0. The van der Waals surface area contributed by atoms with Gasteiger partial charge in [0.2, 0.25) is 6.79 Å². The molecular weight excluding hydrogens is 322 g/mol. The number of rotatable bonds is 3. The van der Waals surface area contributed by atoms with Crippen LogP contribution in [-0.2, 0) is 6.54 Å². The normalized spacial score (nSPS) is 21.3. The predicted octanol–water partition coefficient (Wildman–Crippen LogP) is 1.66. The van der Waals surface area contributed by atoms with E-state index in [0.29, 0.717) is 24.5 Å². The van der Waals surface area contributed by atoms with E-state index >= 15 is 0 Å². The molecule has 4 N–H and O–H groups in total. The van der Waals surface area contributed by atoms with E-state index in [1.54, 1.807) is 0 Å². The summed E-state index contributed by atoms with van der Waals surface area (Å²) in [6.45, 7) is 10.2. The topological polar surface area (TPSA) is 59.1 Å². The van der Waals surface area contributed by atoms with Crippen LogP contribution in [0, 0.1) is 0 Å². The number of piperidine rings is 1. The van der Waals surface area contributed by atoms with Gasteiger partial charge in [-0.1, -0.05) is 6.07 Å². The van der Waals surface area contributed by atoms with E-state index in [9.17, 15) is 0 Å². The van der Waals surface area contributed by atoms with Gasteiger partial charge in [0.25, 0.3) is 0 Å². The Morgan fingerprint density at radius 1 is 1.17 bits per heavy atom. The minimum absolute atomic E-state index is 0.229. The zero-order valence-corrected chi connectivity index (χ0v) is 15.8. The lowest BCUT2D eigenvalue weighted by atomic mass is 9.80. The van der Waals surface area contributed by atoms with E-state index < -0.39 is 0 Å². The highest BCUT2D eigenvalue weighted by Crippen LogP contribution is 2.32. The van der Waals surface area contributed by atoms with Gasteiger partial charge in [-0.15, -0.1) is 0 Å². The molecule has 5 nitrogen and oxygen atoms in total. The summed E-state index contributed by atoms with van der Waals surface area (Å²) >= 11 is 5.49. The van der Waals surface area contributed by atoms with Gasteiger partial charge in [-0.2, -0.15) is 0 Å². The molecule has 0 saturated carbocycles. The first-order valence-corrected chi connectivity index (χ1v) is 8.93. The Bertz CT molecular complexity index is 615. The molecule has 1 fully saturated rings. The van der Waals surface area contributed by atoms with Gasteiger partial charge in [-0.25, -0.2) is 0 Å². The number of fused-ring (bicyclic) bond motifs is 1. The first kappa shape index (κ1) is 17.3. The molecule has 0 amide bonds. The summed E-state index contributed by atoms with van der Waals surface area (Å²) in [6.07, 6.45) is 2.20. The van der Waals surface area contributed by atoms with Crippen LogP contribution in [0.3, 0.4) is 0 Å².